The molecule has 1 aliphatic heterocycles. The fourth-order valence-corrected chi connectivity index (χ4v) is 3.61. The van der Waals surface area contributed by atoms with Crippen LogP contribution >= 0.6 is 0 Å². The van der Waals surface area contributed by atoms with Crippen LogP contribution in [0.4, 0.5) is 27.5 Å². The molecule has 1 aliphatic rings. The number of non-ortho nitro benzene ring substituents is 2. The number of hydrogen-bond donors (Lipinski definition) is 2. The summed E-state index contributed by atoms with van der Waals surface area (Å²) in [5, 5.41) is 27.0. The Morgan fingerprint density at radius 2 is 1.54 bits per heavy atom. The third-order valence-electron chi connectivity index (χ3n) is 5.24. The summed E-state index contributed by atoms with van der Waals surface area (Å²) in [6.45, 7) is 0. The van der Waals surface area contributed by atoms with Gasteiger partial charge in [0.05, 0.1) is 33.0 Å². The summed E-state index contributed by atoms with van der Waals surface area (Å²) in [5.74, 6) is -0.524. The predicted octanol–water partition coefficient (Wildman–Crippen LogP) is 3.46. The van der Waals surface area contributed by atoms with Crippen molar-refractivity contribution < 1.29 is 19.4 Å². The van der Waals surface area contributed by atoms with E-state index in [1.54, 1.807) is 19.2 Å². The molecule has 176 valence electrons. The number of nitro benzene ring substituents is 2. The van der Waals surface area contributed by atoms with Gasteiger partial charge in [0.25, 0.3) is 17.3 Å². The molecular formula is C23H18N6O6. The Labute approximate surface area is 198 Å². The van der Waals surface area contributed by atoms with E-state index in [1.807, 2.05) is 42.5 Å². The van der Waals surface area contributed by atoms with Crippen molar-refractivity contribution in [3.05, 3.63) is 104 Å². The zero-order valence-corrected chi connectivity index (χ0v) is 18.2. The number of urea groups is 1. The van der Waals surface area contributed by atoms with Crippen LogP contribution in [-0.4, -0.2) is 40.7 Å². The molecule has 0 bridgehead atoms. The number of likely N-dealkylation sites (N-methyl/N-ethyl adjacent to an activating group) is 1. The number of benzene rings is 3. The Morgan fingerprint density at radius 1 is 0.943 bits per heavy atom. The Bertz CT molecular complexity index is 1340. The molecule has 1 heterocycles. The summed E-state index contributed by atoms with van der Waals surface area (Å²) in [5.41, 5.74) is 1.17. The molecule has 3 amide bonds. The highest BCUT2D eigenvalue weighted by Gasteiger charge is 2.31. The molecule has 0 saturated carbocycles. The number of nitro groups is 2. The standard InChI is InChI=1S/C23H18N6O6/c1-27-19-10-6-5-9-18(19)20(14-7-3-2-4-8-14)25-21(22(27)30)26-23(31)24-15-11-16(28(32)33)13-17(12-15)29(34)35/h2-13,21H,1H3,(H2,24,26,31)/t21-/m0/s1. The van der Waals surface area contributed by atoms with E-state index in [1.165, 1.54) is 4.90 Å². The van der Waals surface area contributed by atoms with Gasteiger partial charge >= 0.3 is 6.03 Å². The predicted molar refractivity (Wildman–Crippen MR) is 128 cm³/mol. The average molecular weight is 474 g/mol. The van der Waals surface area contributed by atoms with Gasteiger partial charge in [-0.3, -0.25) is 25.0 Å². The van der Waals surface area contributed by atoms with Crippen molar-refractivity contribution in [1.29, 1.82) is 0 Å². The highest BCUT2D eigenvalue weighted by molar-refractivity contribution is 6.20. The molecule has 0 spiro atoms. The highest BCUT2D eigenvalue weighted by Crippen LogP contribution is 2.28. The van der Waals surface area contributed by atoms with Gasteiger partial charge < -0.3 is 15.5 Å². The van der Waals surface area contributed by atoms with Crippen LogP contribution in [0.15, 0.2) is 77.8 Å². The molecule has 12 nitrogen and oxygen atoms in total. The second-order valence-electron chi connectivity index (χ2n) is 7.51. The summed E-state index contributed by atoms with van der Waals surface area (Å²) in [7, 11) is 1.56. The lowest BCUT2D eigenvalue weighted by Crippen LogP contribution is -2.47. The molecule has 1 atom stereocenters. The number of carbonyl (C=O) groups excluding carboxylic acids is 2. The van der Waals surface area contributed by atoms with Gasteiger partial charge in [0, 0.05) is 30.3 Å². The van der Waals surface area contributed by atoms with E-state index >= 15 is 0 Å². The molecule has 3 aromatic rings. The number of hydrogen-bond acceptors (Lipinski definition) is 7. The second kappa shape index (κ2) is 9.39. The summed E-state index contributed by atoms with van der Waals surface area (Å²) in [6, 6.07) is 18.1. The van der Waals surface area contributed by atoms with Gasteiger partial charge in [-0.1, -0.05) is 48.5 Å². The molecule has 0 aromatic heterocycles. The largest absolute Gasteiger partial charge is 0.321 e. The summed E-state index contributed by atoms with van der Waals surface area (Å²) >= 11 is 0. The van der Waals surface area contributed by atoms with Gasteiger partial charge in [-0.15, -0.1) is 0 Å². The minimum Gasteiger partial charge on any atom is -0.311 e. The van der Waals surface area contributed by atoms with E-state index < -0.39 is 39.3 Å². The van der Waals surface area contributed by atoms with E-state index in [4.69, 9.17) is 0 Å². The number of anilines is 2. The number of nitrogens with one attached hydrogen (secondary N) is 2. The Morgan fingerprint density at radius 3 is 2.17 bits per heavy atom. The van der Waals surface area contributed by atoms with E-state index in [0.29, 0.717) is 17.0 Å². The average Bonchev–Trinajstić information content (AvgIpc) is 2.95. The van der Waals surface area contributed by atoms with Crippen molar-refractivity contribution in [3.63, 3.8) is 0 Å². The van der Waals surface area contributed by atoms with Crippen LogP contribution in [0.1, 0.15) is 11.1 Å². The lowest BCUT2D eigenvalue weighted by atomic mass is 10.0. The van der Waals surface area contributed by atoms with Gasteiger partial charge in [-0.05, 0) is 6.07 Å². The van der Waals surface area contributed by atoms with E-state index in [0.717, 1.165) is 23.8 Å². The zero-order valence-electron chi connectivity index (χ0n) is 18.2. The van der Waals surface area contributed by atoms with Crippen LogP contribution in [0.2, 0.25) is 0 Å². The number of aliphatic imine (C=N–C) groups is 1. The van der Waals surface area contributed by atoms with Gasteiger partial charge in [0.15, 0.2) is 0 Å². The Kier molecular flexibility index (Phi) is 6.18. The number of amides is 3. The van der Waals surface area contributed by atoms with Crippen LogP contribution in [0.3, 0.4) is 0 Å². The zero-order chi connectivity index (χ0) is 25.1. The molecule has 0 unspecified atom stereocenters. The van der Waals surface area contributed by atoms with Gasteiger partial charge in [0.2, 0.25) is 6.17 Å². The Hall–Kier alpha value is -5.13. The molecule has 2 N–H and O–H groups in total. The maximum atomic E-state index is 13.2. The summed E-state index contributed by atoms with van der Waals surface area (Å²) in [4.78, 5) is 52.4. The molecule has 0 radical (unpaired) electrons. The van der Waals surface area contributed by atoms with Crippen molar-refractivity contribution in [3.8, 4) is 0 Å². The molecule has 4 rings (SSSR count). The molecule has 0 saturated heterocycles. The SMILES string of the molecule is CN1C(=O)[C@H](NC(=O)Nc2cc([N+](=O)[O-])cc([N+](=O)[O-])c2)N=C(c2ccccc2)c2ccccc21. The van der Waals surface area contributed by atoms with E-state index in [-0.39, 0.29) is 5.69 Å². The maximum absolute atomic E-state index is 13.2. The van der Waals surface area contributed by atoms with Crippen molar-refractivity contribution in [2.75, 3.05) is 17.3 Å². The number of rotatable bonds is 5. The number of benzodiazepines with no additional fused rings is 1. The van der Waals surface area contributed by atoms with E-state index in [2.05, 4.69) is 15.6 Å². The first-order chi connectivity index (χ1) is 16.7. The summed E-state index contributed by atoms with van der Waals surface area (Å²) < 4.78 is 0. The monoisotopic (exact) mass is 474 g/mol. The minimum atomic E-state index is -1.34. The number of nitrogens with zero attached hydrogens (tertiary/aromatic N) is 4. The quantitative estimate of drug-likeness (QED) is 0.425. The van der Waals surface area contributed by atoms with Crippen molar-refractivity contribution in [1.82, 2.24) is 5.32 Å². The third kappa shape index (κ3) is 4.80. The van der Waals surface area contributed by atoms with Crippen molar-refractivity contribution >= 4 is 40.4 Å². The minimum absolute atomic E-state index is 0.187. The first kappa shape index (κ1) is 23.0. The number of carbonyl (C=O) groups is 2. The van der Waals surface area contributed by atoms with Crippen molar-refractivity contribution in [2.24, 2.45) is 4.99 Å². The van der Waals surface area contributed by atoms with Crippen LogP contribution in [0, 0.1) is 20.2 Å². The van der Waals surface area contributed by atoms with Crippen LogP contribution in [-0.2, 0) is 4.79 Å². The number of fused-ring (bicyclic) bond motifs is 1. The second-order valence-corrected chi connectivity index (χ2v) is 7.51. The van der Waals surface area contributed by atoms with Crippen LogP contribution in [0.5, 0.6) is 0 Å². The summed E-state index contributed by atoms with van der Waals surface area (Å²) in [6.07, 6.45) is -1.34. The lowest BCUT2D eigenvalue weighted by Gasteiger charge is -2.21. The van der Waals surface area contributed by atoms with Gasteiger partial charge in [-0.25, -0.2) is 9.79 Å². The molecule has 3 aromatic carbocycles. The van der Waals surface area contributed by atoms with Crippen LogP contribution < -0.4 is 15.5 Å². The number of para-hydroxylation sites is 1. The highest BCUT2D eigenvalue weighted by atomic mass is 16.6. The molecule has 35 heavy (non-hydrogen) atoms. The Balaban J connectivity index is 1.67. The smallest absolute Gasteiger partial charge is 0.311 e. The first-order valence-corrected chi connectivity index (χ1v) is 10.3. The van der Waals surface area contributed by atoms with Crippen LogP contribution in [0.25, 0.3) is 0 Å². The fraction of sp³-hybridized carbons (Fsp3) is 0.0870. The molecule has 0 fully saturated rings. The topological polar surface area (TPSA) is 160 Å². The molecular weight excluding hydrogens is 456 g/mol. The van der Waals surface area contributed by atoms with E-state index in [9.17, 15) is 29.8 Å². The van der Waals surface area contributed by atoms with Crippen molar-refractivity contribution in [2.45, 2.75) is 6.17 Å². The fourth-order valence-electron chi connectivity index (χ4n) is 3.61. The maximum Gasteiger partial charge on any atom is 0.321 e. The third-order valence-corrected chi connectivity index (χ3v) is 5.24. The van der Waals surface area contributed by atoms with Gasteiger partial charge in [0.1, 0.15) is 0 Å². The van der Waals surface area contributed by atoms with Gasteiger partial charge in [-0.2, -0.15) is 0 Å². The lowest BCUT2D eigenvalue weighted by molar-refractivity contribution is -0.394. The molecule has 12 heteroatoms. The normalized spacial score (nSPS) is 14.9. The first-order valence-electron chi connectivity index (χ1n) is 10.3. The molecule has 0 aliphatic carbocycles.